The lowest BCUT2D eigenvalue weighted by atomic mass is 10.1. The van der Waals surface area contributed by atoms with Crippen molar-refractivity contribution in [3.8, 4) is 5.75 Å². The van der Waals surface area contributed by atoms with E-state index in [4.69, 9.17) is 9.73 Å². The summed E-state index contributed by atoms with van der Waals surface area (Å²) in [7, 11) is 1.71. The number of pyridine rings is 1. The quantitative estimate of drug-likeness (QED) is 0.275. The zero-order valence-corrected chi connectivity index (χ0v) is 20.3. The molecular formula is C22H30IN7O. The van der Waals surface area contributed by atoms with Gasteiger partial charge in [-0.15, -0.1) is 34.2 Å². The Morgan fingerprint density at radius 2 is 2.10 bits per heavy atom. The Bertz CT molecular complexity index is 1010. The molecule has 166 valence electrons. The van der Waals surface area contributed by atoms with Crippen LogP contribution in [0.5, 0.6) is 5.75 Å². The number of nitrogens with zero attached hydrogens (tertiary/aromatic N) is 5. The molecule has 1 aromatic carbocycles. The first-order valence-corrected chi connectivity index (χ1v) is 10.5. The Kier molecular flexibility index (Phi) is 8.33. The zero-order chi connectivity index (χ0) is 20.8. The first-order valence-electron chi connectivity index (χ1n) is 10.5. The Morgan fingerprint density at radius 3 is 2.94 bits per heavy atom. The Morgan fingerprint density at radius 1 is 1.19 bits per heavy atom. The normalized spacial score (nSPS) is 16.3. The van der Waals surface area contributed by atoms with Gasteiger partial charge in [0, 0.05) is 44.1 Å². The number of methoxy groups -OCH3 is 1. The first kappa shape index (κ1) is 23.1. The van der Waals surface area contributed by atoms with Crippen molar-refractivity contribution in [1.29, 1.82) is 0 Å². The van der Waals surface area contributed by atoms with Gasteiger partial charge in [0.2, 0.25) is 0 Å². The Balaban J connectivity index is 0.00000272. The second kappa shape index (κ2) is 11.2. The summed E-state index contributed by atoms with van der Waals surface area (Å²) in [4.78, 5) is 7.13. The van der Waals surface area contributed by atoms with Crippen LogP contribution in [0.4, 0.5) is 5.69 Å². The Hall–Kier alpha value is -2.56. The van der Waals surface area contributed by atoms with Crippen LogP contribution in [0.25, 0.3) is 5.65 Å². The van der Waals surface area contributed by atoms with E-state index in [1.807, 2.05) is 40.9 Å². The van der Waals surface area contributed by atoms with E-state index in [1.54, 1.807) is 7.11 Å². The molecule has 1 unspecified atom stereocenters. The number of anilines is 1. The lowest BCUT2D eigenvalue weighted by Gasteiger charge is -2.20. The smallest absolute Gasteiger partial charge is 0.191 e. The molecular weight excluding hydrogens is 505 g/mol. The van der Waals surface area contributed by atoms with Crippen molar-refractivity contribution in [2.75, 3.05) is 38.2 Å². The maximum absolute atomic E-state index is 5.36. The number of nitrogens with one attached hydrogen (secondary N) is 2. The minimum atomic E-state index is 0. The van der Waals surface area contributed by atoms with Crippen molar-refractivity contribution < 1.29 is 4.74 Å². The van der Waals surface area contributed by atoms with E-state index in [-0.39, 0.29) is 24.0 Å². The molecule has 1 atom stereocenters. The molecule has 1 aliphatic heterocycles. The maximum Gasteiger partial charge on any atom is 0.191 e. The van der Waals surface area contributed by atoms with Crippen molar-refractivity contribution in [1.82, 2.24) is 25.2 Å². The van der Waals surface area contributed by atoms with Crippen molar-refractivity contribution >= 4 is 41.3 Å². The molecule has 0 aliphatic carbocycles. The van der Waals surface area contributed by atoms with Gasteiger partial charge in [-0.05, 0) is 43.5 Å². The van der Waals surface area contributed by atoms with Crippen LogP contribution in [0.3, 0.4) is 0 Å². The number of ether oxygens (including phenoxy) is 1. The van der Waals surface area contributed by atoms with E-state index in [2.05, 4.69) is 44.8 Å². The molecule has 0 saturated carbocycles. The predicted molar refractivity (Wildman–Crippen MR) is 135 cm³/mol. The lowest BCUT2D eigenvalue weighted by molar-refractivity contribution is 0.415. The van der Waals surface area contributed by atoms with Crippen molar-refractivity contribution in [3.63, 3.8) is 0 Å². The average Bonchev–Trinajstić information content (AvgIpc) is 3.43. The van der Waals surface area contributed by atoms with Gasteiger partial charge in [-0.2, -0.15) is 0 Å². The second-order valence-electron chi connectivity index (χ2n) is 7.42. The molecule has 31 heavy (non-hydrogen) atoms. The molecule has 0 spiro atoms. The van der Waals surface area contributed by atoms with Crippen molar-refractivity contribution in [2.45, 2.75) is 19.9 Å². The van der Waals surface area contributed by atoms with E-state index < -0.39 is 0 Å². The summed E-state index contributed by atoms with van der Waals surface area (Å²) in [6, 6.07) is 14.1. The summed E-state index contributed by atoms with van der Waals surface area (Å²) in [5.74, 6) is 3.10. The van der Waals surface area contributed by atoms with Crippen LogP contribution in [-0.4, -0.2) is 53.8 Å². The third-order valence-corrected chi connectivity index (χ3v) is 5.37. The zero-order valence-electron chi connectivity index (χ0n) is 18.0. The summed E-state index contributed by atoms with van der Waals surface area (Å²) in [6.45, 7) is 6.32. The number of hydrogen-bond donors (Lipinski definition) is 2. The standard InChI is InChI=1S/C22H29N7O.HI/c1-3-23-22(25-15-21-27-26-20-9-4-5-11-29(20)21)24-14-17-10-12-28(16-17)18-7-6-8-19(13-18)30-2;/h4-9,11,13,17H,3,10,12,14-16H2,1-2H3,(H2,23,24,25);1H. The van der Waals surface area contributed by atoms with Crippen LogP contribution < -0.4 is 20.3 Å². The van der Waals surface area contributed by atoms with Crippen LogP contribution in [0.2, 0.25) is 0 Å². The molecule has 3 heterocycles. The monoisotopic (exact) mass is 535 g/mol. The summed E-state index contributed by atoms with van der Waals surface area (Å²) >= 11 is 0. The number of halogens is 1. The highest BCUT2D eigenvalue weighted by Gasteiger charge is 2.23. The van der Waals surface area contributed by atoms with Gasteiger partial charge in [0.1, 0.15) is 12.3 Å². The number of rotatable bonds is 7. The maximum atomic E-state index is 5.36. The highest BCUT2D eigenvalue weighted by molar-refractivity contribution is 14.0. The van der Waals surface area contributed by atoms with Crippen LogP contribution in [-0.2, 0) is 6.54 Å². The van der Waals surface area contributed by atoms with Crippen molar-refractivity contribution in [2.24, 2.45) is 10.9 Å². The fourth-order valence-corrected chi connectivity index (χ4v) is 3.77. The number of benzene rings is 1. The molecule has 0 radical (unpaired) electrons. The van der Waals surface area contributed by atoms with E-state index in [9.17, 15) is 0 Å². The van der Waals surface area contributed by atoms with Gasteiger partial charge in [-0.3, -0.25) is 4.40 Å². The van der Waals surface area contributed by atoms with E-state index >= 15 is 0 Å². The third kappa shape index (κ3) is 5.78. The molecule has 4 rings (SSSR count). The van der Waals surface area contributed by atoms with Crippen molar-refractivity contribution in [3.05, 3.63) is 54.5 Å². The number of aromatic nitrogens is 3. The fraction of sp³-hybridized carbons (Fsp3) is 0.409. The van der Waals surface area contributed by atoms with E-state index in [0.717, 1.165) is 55.8 Å². The van der Waals surface area contributed by atoms with Gasteiger partial charge in [0.25, 0.3) is 0 Å². The van der Waals surface area contributed by atoms with Gasteiger partial charge in [0.15, 0.2) is 17.4 Å². The largest absolute Gasteiger partial charge is 0.497 e. The second-order valence-corrected chi connectivity index (χ2v) is 7.42. The van der Waals surface area contributed by atoms with E-state index in [0.29, 0.717) is 12.5 Å². The number of guanidine groups is 1. The molecule has 9 heteroatoms. The van der Waals surface area contributed by atoms with Gasteiger partial charge in [-0.1, -0.05) is 12.1 Å². The molecule has 1 fully saturated rings. The highest BCUT2D eigenvalue weighted by atomic mass is 127. The number of hydrogen-bond acceptors (Lipinski definition) is 5. The number of fused-ring (bicyclic) bond motifs is 1. The molecule has 2 aromatic heterocycles. The summed E-state index contributed by atoms with van der Waals surface area (Å²) in [6.07, 6.45) is 3.12. The van der Waals surface area contributed by atoms with Gasteiger partial charge >= 0.3 is 0 Å². The average molecular weight is 535 g/mol. The van der Waals surface area contributed by atoms with Gasteiger partial charge < -0.3 is 20.3 Å². The summed E-state index contributed by atoms with van der Waals surface area (Å²) in [5.41, 5.74) is 2.06. The SMILES string of the molecule is CCNC(=NCc1nnc2ccccn12)NCC1CCN(c2cccc(OC)c2)C1.I. The van der Waals surface area contributed by atoms with Gasteiger partial charge in [0.05, 0.1) is 7.11 Å². The van der Waals surface area contributed by atoms with Crippen LogP contribution in [0.1, 0.15) is 19.2 Å². The van der Waals surface area contributed by atoms with Crippen LogP contribution in [0.15, 0.2) is 53.7 Å². The predicted octanol–water partition coefficient (Wildman–Crippen LogP) is 2.94. The molecule has 0 bridgehead atoms. The van der Waals surface area contributed by atoms with E-state index in [1.165, 1.54) is 5.69 Å². The molecule has 0 amide bonds. The molecule has 2 N–H and O–H groups in total. The van der Waals surface area contributed by atoms with Gasteiger partial charge in [-0.25, -0.2) is 4.99 Å². The summed E-state index contributed by atoms with van der Waals surface area (Å²) < 4.78 is 7.33. The topological polar surface area (TPSA) is 79.1 Å². The fourth-order valence-electron chi connectivity index (χ4n) is 3.77. The number of aliphatic imine (C=N–C) groups is 1. The minimum absolute atomic E-state index is 0. The molecule has 8 nitrogen and oxygen atoms in total. The third-order valence-electron chi connectivity index (χ3n) is 5.37. The Labute approximate surface area is 200 Å². The van der Waals surface area contributed by atoms with Crippen LogP contribution in [0, 0.1) is 5.92 Å². The summed E-state index contributed by atoms with van der Waals surface area (Å²) in [5, 5.41) is 15.3. The molecule has 1 saturated heterocycles. The first-order chi connectivity index (χ1) is 14.8. The lowest BCUT2D eigenvalue weighted by Crippen LogP contribution is -2.40. The molecule has 3 aromatic rings. The van der Waals surface area contributed by atoms with Crippen LogP contribution >= 0.6 is 24.0 Å². The minimum Gasteiger partial charge on any atom is -0.497 e. The molecule has 1 aliphatic rings. The highest BCUT2D eigenvalue weighted by Crippen LogP contribution is 2.26.